The Bertz CT molecular complexity index is 980. The molecule has 0 radical (unpaired) electrons. The lowest BCUT2D eigenvalue weighted by atomic mass is 9.73. The van der Waals surface area contributed by atoms with Gasteiger partial charge < -0.3 is 9.64 Å². The van der Waals surface area contributed by atoms with Gasteiger partial charge in [-0.3, -0.25) is 14.4 Å². The fraction of sp³-hybridized carbons (Fsp3) is 0.375. The number of hydrogen-bond donors (Lipinski definition) is 0. The van der Waals surface area contributed by atoms with Crippen molar-refractivity contribution in [2.75, 3.05) is 19.7 Å². The van der Waals surface area contributed by atoms with Gasteiger partial charge in [0.15, 0.2) is 0 Å². The van der Waals surface area contributed by atoms with Gasteiger partial charge in [-0.2, -0.15) is 13.2 Å². The minimum absolute atomic E-state index is 0.00758. The second-order valence-electron chi connectivity index (χ2n) is 7.82. The fourth-order valence-electron chi connectivity index (χ4n) is 4.05. The zero-order valence-electron chi connectivity index (χ0n) is 17.7. The number of nitrogens with zero attached hydrogens (tertiary/aromatic N) is 1. The number of piperidine rings is 1. The van der Waals surface area contributed by atoms with Crippen molar-refractivity contribution in [2.24, 2.45) is 5.41 Å². The number of hydrogen-bond acceptors (Lipinski definition) is 4. The molecule has 0 atom stereocenters. The summed E-state index contributed by atoms with van der Waals surface area (Å²) < 4.78 is 45.7. The van der Waals surface area contributed by atoms with Crippen LogP contribution in [0.3, 0.4) is 0 Å². The van der Waals surface area contributed by atoms with Crippen LogP contribution < -0.4 is 0 Å². The zero-order valence-corrected chi connectivity index (χ0v) is 17.7. The molecule has 0 saturated carbocycles. The number of ether oxygens (including phenoxy) is 1. The van der Waals surface area contributed by atoms with E-state index in [1.165, 1.54) is 23.1 Å². The Kier molecular flexibility index (Phi) is 7.01. The highest BCUT2D eigenvalue weighted by Gasteiger charge is 2.46. The molecule has 0 spiro atoms. The molecular formula is C24H24F3NO4. The standard InChI is InChI=1S/C24H24F3NO4/c1-2-32-22(31)23(16-18-10-6-7-11-19(18)24(25,26)27)12-14-28(15-13-23)21(30)20(29)17-8-4-3-5-9-17/h3-11H,2,12-16H2,1H3. The van der Waals surface area contributed by atoms with Crippen molar-refractivity contribution >= 4 is 17.7 Å². The number of likely N-dealkylation sites (tertiary alicyclic amines) is 1. The second-order valence-corrected chi connectivity index (χ2v) is 7.82. The summed E-state index contributed by atoms with van der Waals surface area (Å²) in [6, 6.07) is 13.3. The number of halogens is 3. The molecule has 1 saturated heterocycles. The Labute approximate surface area is 184 Å². The highest BCUT2D eigenvalue weighted by molar-refractivity contribution is 6.42. The molecule has 5 nitrogen and oxygen atoms in total. The fourth-order valence-corrected chi connectivity index (χ4v) is 4.05. The van der Waals surface area contributed by atoms with E-state index in [9.17, 15) is 27.6 Å². The number of carbonyl (C=O) groups excluding carboxylic acids is 3. The van der Waals surface area contributed by atoms with Crippen molar-refractivity contribution in [2.45, 2.75) is 32.4 Å². The predicted octanol–water partition coefficient (Wildman–Crippen LogP) is 4.30. The van der Waals surface area contributed by atoms with E-state index >= 15 is 0 Å². The summed E-state index contributed by atoms with van der Waals surface area (Å²) in [6.07, 6.45) is -4.50. The molecule has 32 heavy (non-hydrogen) atoms. The normalized spacial score (nSPS) is 15.8. The summed E-state index contributed by atoms with van der Waals surface area (Å²) in [7, 11) is 0. The van der Waals surface area contributed by atoms with Gasteiger partial charge in [-0.1, -0.05) is 48.5 Å². The Morgan fingerprint density at radius 1 is 0.969 bits per heavy atom. The maximum Gasteiger partial charge on any atom is 0.416 e. The highest BCUT2D eigenvalue weighted by atomic mass is 19.4. The van der Waals surface area contributed by atoms with Crippen molar-refractivity contribution in [1.82, 2.24) is 4.90 Å². The molecule has 3 rings (SSSR count). The lowest BCUT2D eigenvalue weighted by Gasteiger charge is -2.40. The molecular weight excluding hydrogens is 423 g/mol. The minimum atomic E-state index is -4.55. The first-order chi connectivity index (χ1) is 15.2. The molecule has 0 aliphatic carbocycles. The largest absolute Gasteiger partial charge is 0.466 e. The first-order valence-electron chi connectivity index (χ1n) is 10.4. The SMILES string of the molecule is CCOC(=O)C1(Cc2ccccc2C(F)(F)F)CCN(C(=O)C(=O)c2ccccc2)CC1. The number of ketones is 1. The van der Waals surface area contributed by atoms with Gasteiger partial charge in [0.2, 0.25) is 5.78 Å². The molecule has 0 unspecified atom stereocenters. The number of rotatable bonds is 6. The van der Waals surface area contributed by atoms with E-state index in [1.807, 2.05) is 0 Å². The number of esters is 1. The lowest BCUT2D eigenvalue weighted by molar-refractivity contribution is -0.160. The van der Waals surface area contributed by atoms with Gasteiger partial charge in [0.25, 0.3) is 5.91 Å². The van der Waals surface area contributed by atoms with Crippen LogP contribution in [0.1, 0.15) is 41.3 Å². The minimum Gasteiger partial charge on any atom is -0.466 e. The molecule has 2 aromatic carbocycles. The maximum absolute atomic E-state index is 13.5. The molecule has 0 aromatic heterocycles. The van der Waals surface area contributed by atoms with E-state index in [0.29, 0.717) is 0 Å². The van der Waals surface area contributed by atoms with Crippen LogP contribution >= 0.6 is 0 Å². The van der Waals surface area contributed by atoms with E-state index in [1.54, 1.807) is 37.3 Å². The van der Waals surface area contributed by atoms with Crippen LogP contribution in [0.15, 0.2) is 54.6 Å². The van der Waals surface area contributed by atoms with Gasteiger partial charge in [0.05, 0.1) is 17.6 Å². The van der Waals surface area contributed by atoms with Gasteiger partial charge in [-0.25, -0.2) is 0 Å². The summed E-state index contributed by atoms with van der Waals surface area (Å²) in [5.74, 6) is -1.93. The third-order valence-electron chi connectivity index (χ3n) is 5.80. The summed E-state index contributed by atoms with van der Waals surface area (Å²) >= 11 is 0. The maximum atomic E-state index is 13.5. The predicted molar refractivity (Wildman–Crippen MR) is 111 cm³/mol. The number of amides is 1. The quantitative estimate of drug-likeness (QED) is 0.376. The van der Waals surface area contributed by atoms with Crippen molar-refractivity contribution in [3.63, 3.8) is 0 Å². The zero-order chi connectivity index (χ0) is 23.4. The number of Topliss-reactive ketones (excluding diaryl/α,β-unsaturated/α-hetero) is 1. The van der Waals surface area contributed by atoms with Crippen molar-refractivity contribution < 1.29 is 32.3 Å². The average Bonchev–Trinajstić information content (AvgIpc) is 2.79. The summed E-state index contributed by atoms with van der Waals surface area (Å²) in [5, 5.41) is 0. The number of carbonyl (C=O) groups is 3. The Hall–Kier alpha value is -3.16. The van der Waals surface area contributed by atoms with E-state index in [4.69, 9.17) is 4.74 Å². The van der Waals surface area contributed by atoms with Gasteiger partial charge in [0, 0.05) is 18.7 Å². The van der Waals surface area contributed by atoms with E-state index in [2.05, 4.69) is 0 Å². The molecule has 1 fully saturated rings. The van der Waals surface area contributed by atoms with Gasteiger partial charge in [-0.05, 0) is 37.8 Å². The van der Waals surface area contributed by atoms with Crippen molar-refractivity contribution in [3.8, 4) is 0 Å². The first-order valence-corrected chi connectivity index (χ1v) is 10.4. The Morgan fingerprint density at radius 3 is 2.16 bits per heavy atom. The molecule has 1 amide bonds. The molecule has 8 heteroatoms. The van der Waals surface area contributed by atoms with Crippen LogP contribution in [0.2, 0.25) is 0 Å². The van der Waals surface area contributed by atoms with E-state index in [-0.39, 0.29) is 50.1 Å². The van der Waals surface area contributed by atoms with E-state index < -0.39 is 34.8 Å². The van der Waals surface area contributed by atoms with Crippen LogP contribution in [-0.2, 0) is 26.9 Å². The van der Waals surface area contributed by atoms with Crippen molar-refractivity contribution in [1.29, 1.82) is 0 Å². The molecule has 0 bridgehead atoms. The average molecular weight is 447 g/mol. The molecule has 1 heterocycles. The van der Waals surface area contributed by atoms with Crippen molar-refractivity contribution in [3.05, 3.63) is 71.3 Å². The second kappa shape index (κ2) is 9.54. The van der Waals surface area contributed by atoms with Crippen LogP contribution in [-0.4, -0.2) is 42.3 Å². The monoisotopic (exact) mass is 447 g/mol. The topological polar surface area (TPSA) is 63.7 Å². The third-order valence-corrected chi connectivity index (χ3v) is 5.80. The van der Waals surface area contributed by atoms with Crippen LogP contribution in [0.25, 0.3) is 0 Å². The summed E-state index contributed by atoms with van der Waals surface area (Å²) in [6.45, 7) is 1.87. The molecule has 170 valence electrons. The first kappa shape index (κ1) is 23.5. The van der Waals surface area contributed by atoms with E-state index in [0.717, 1.165) is 6.07 Å². The lowest BCUT2D eigenvalue weighted by Crippen LogP contribution is -2.50. The molecule has 1 aliphatic heterocycles. The van der Waals surface area contributed by atoms with Gasteiger partial charge in [0.1, 0.15) is 0 Å². The molecule has 0 N–H and O–H groups in total. The van der Waals surface area contributed by atoms with Crippen LogP contribution in [0.5, 0.6) is 0 Å². The van der Waals surface area contributed by atoms with Gasteiger partial charge >= 0.3 is 12.1 Å². The third kappa shape index (κ3) is 5.00. The van der Waals surface area contributed by atoms with Gasteiger partial charge in [-0.15, -0.1) is 0 Å². The summed E-state index contributed by atoms with van der Waals surface area (Å²) in [5.41, 5.74) is -1.72. The molecule has 2 aromatic rings. The van der Waals surface area contributed by atoms with Crippen LogP contribution in [0.4, 0.5) is 13.2 Å². The molecule has 1 aliphatic rings. The number of alkyl halides is 3. The Morgan fingerprint density at radius 2 is 1.56 bits per heavy atom. The smallest absolute Gasteiger partial charge is 0.416 e. The number of benzene rings is 2. The Balaban J connectivity index is 1.81. The van der Waals surface area contributed by atoms with Crippen LogP contribution in [0, 0.1) is 5.41 Å². The summed E-state index contributed by atoms with van der Waals surface area (Å²) in [4.78, 5) is 39.3. The highest BCUT2D eigenvalue weighted by Crippen LogP contribution is 2.40.